The van der Waals surface area contributed by atoms with Crippen molar-refractivity contribution in [2.24, 2.45) is 11.3 Å². The fraction of sp³-hybridized carbons (Fsp3) is 0.464. The minimum Gasteiger partial charge on any atom is -0.359 e. The van der Waals surface area contributed by atoms with Gasteiger partial charge in [0.2, 0.25) is 5.91 Å². The van der Waals surface area contributed by atoms with Crippen LogP contribution in [0.4, 0.5) is 17.5 Å². The predicted molar refractivity (Wildman–Crippen MR) is 140 cm³/mol. The fourth-order valence-electron chi connectivity index (χ4n) is 5.98. The molecule has 2 saturated carbocycles. The highest BCUT2D eigenvalue weighted by atomic mass is 16.1. The van der Waals surface area contributed by atoms with Gasteiger partial charge in [0, 0.05) is 56.3 Å². The first-order valence-corrected chi connectivity index (χ1v) is 13.1. The Labute approximate surface area is 212 Å². The van der Waals surface area contributed by atoms with E-state index in [2.05, 4.69) is 37.6 Å². The van der Waals surface area contributed by atoms with Crippen molar-refractivity contribution >= 4 is 23.4 Å². The van der Waals surface area contributed by atoms with E-state index in [9.17, 15) is 4.79 Å². The van der Waals surface area contributed by atoms with Crippen LogP contribution in [0, 0.1) is 11.3 Å². The normalized spacial score (nSPS) is 23.6. The molecular formula is C28H33N7O. The first kappa shape index (κ1) is 22.9. The average molecular weight is 484 g/mol. The fourth-order valence-corrected chi connectivity index (χ4v) is 5.98. The van der Waals surface area contributed by atoms with Crippen molar-refractivity contribution in [2.75, 3.05) is 30.4 Å². The second-order valence-corrected chi connectivity index (χ2v) is 10.6. The molecule has 2 atom stereocenters. The van der Waals surface area contributed by atoms with E-state index in [1.807, 2.05) is 24.4 Å². The molecule has 1 aliphatic heterocycles. The second kappa shape index (κ2) is 9.48. The van der Waals surface area contributed by atoms with E-state index in [1.165, 1.54) is 24.8 Å². The molecule has 0 aromatic carbocycles. The maximum absolute atomic E-state index is 12.4. The summed E-state index contributed by atoms with van der Waals surface area (Å²) in [6.45, 7) is 1.84. The minimum atomic E-state index is 0.113. The van der Waals surface area contributed by atoms with Crippen molar-refractivity contribution in [3.63, 3.8) is 0 Å². The number of nitrogens with one attached hydrogen (secondary N) is 2. The lowest BCUT2D eigenvalue weighted by atomic mass is 9.69. The molecule has 0 radical (unpaired) electrons. The van der Waals surface area contributed by atoms with Crippen molar-refractivity contribution < 1.29 is 4.79 Å². The molecule has 3 fully saturated rings. The van der Waals surface area contributed by atoms with Crippen LogP contribution < -0.4 is 15.5 Å². The summed E-state index contributed by atoms with van der Waals surface area (Å²) in [5.74, 6) is 4.04. The summed E-state index contributed by atoms with van der Waals surface area (Å²) in [5.41, 5.74) is 2.38. The molecule has 2 aliphatic carbocycles. The van der Waals surface area contributed by atoms with Crippen molar-refractivity contribution in [1.29, 1.82) is 0 Å². The lowest BCUT2D eigenvalue weighted by molar-refractivity contribution is -0.126. The van der Waals surface area contributed by atoms with Gasteiger partial charge in [-0.15, -0.1) is 0 Å². The average Bonchev–Trinajstić information content (AvgIpc) is 3.70. The highest BCUT2D eigenvalue weighted by Gasteiger charge is 2.43. The maximum atomic E-state index is 12.4. The highest BCUT2D eigenvalue weighted by Crippen LogP contribution is 2.47. The second-order valence-electron chi connectivity index (χ2n) is 10.6. The van der Waals surface area contributed by atoms with Crippen LogP contribution in [-0.4, -0.2) is 46.0 Å². The van der Waals surface area contributed by atoms with E-state index in [1.54, 1.807) is 19.4 Å². The lowest BCUT2D eigenvalue weighted by Crippen LogP contribution is -2.38. The molecule has 1 amide bonds. The number of carbonyl (C=O) groups is 1. The number of hydrogen-bond donors (Lipinski definition) is 2. The monoisotopic (exact) mass is 483 g/mol. The molecule has 186 valence electrons. The molecule has 3 aromatic rings. The van der Waals surface area contributed by atoms with Crippen molar-refractivity contribution in [2.45, 2.75) is 50.9 Å². The number of aromatic nitrogens is 4. The van der Waals surface area contributed by atoms with Gasteiger partial charge >= 0.3 is 0 Å². The van der Waals surface area contributed by atoms with Gasteiger partial charge in [0.05, 0.1) is 0 Å². The molecule has 2 N–H and O–H groups in total. The van der Waals surface area contributed by atoms with Crippen LogP contribution in [0.2, 0.25) is 0 Å². The third kappa shape index (κ3) is 4.76. The number of hydrogen-bond acceptors (Lipinski definition) is 7. The van der Waals surface area contributed by atoms with Gasteiger partial charge in [0.25, 0.3) is 0 Å². The van der Waals surface area contributed by atoms with Crippen LogP contribution in [-0.2, 0) is 4.79 Å². The third-order valence-electron chi connectivity index (χ3n) is 8.04. The highest BCUT2D eigenvalue weighted by molar-refractivity contribution is 5.78. The van der Waals surface area contributed by atoms with Crippen molar-refractivity contribution in [3.05, 3.63) is 54.5 Å². The van der Waals surface area contributed by atoms with Crippen molar-refractivity contribution in [3.8, 4) is 11.4 Å². The van der Waals surface area contributed by atoms with Gasteiger partial charge in [0.15, 0.2) is 5.82 Å². The molecule has 0 bridgehead atoms. The van der Waals surface area contributed by atoms with Crippen LogP contribution in [0.1, 0.15) is 56.4 Å². The van der Waals surface area contributed by atoms with Gasteiger partial charge in [-0.3, -0.25) is 9.78 Å². The molecule has 8 nitrogen and oxygen atoms in total. The largest absolute Gasteiger partial charge is 0.359 e. The Morgan fingerprint density at radius 3 is 2.81 bits per heavy atom. The summed E-state index contributed by atoms with van der Waals surface area (Å²) in [6.07, 6.45) is 13.2. The smallest absolute Gasteiger partial charge is 0.222 e. The summed E-state index contributed by atoms with van der Waals surface area (Å²) in [4.78, 5) is 33.4. The molecule has 1 spiro atoms. The number of nitrogens with zero attached hydrogens (tertiary/aromatic N) is 5. The van der Waals surface area contributed by atoms with Gasteiger partial charge in [-0.1, -0.05) is 6.42 Å². The van der Waals surface area contributed by atoms with Crippen LogP contribution in [0.3, 0.4) is 0 Å². The van der Waals surface area contributed by atoms with Crippen LogP contribution >= 0.6 is 0 Å². The van der Waals surface area contributed by atoms with Crippen LogP contribution in [0.15, 0.2) is 48.9 Å². The molecule has 2 unspecified atom stereocenters. The van der Waals surface area contributed by atoms with Gasteiger partial charge in [-0.2, -0.15) is 0 Å². The van der Waals surface area contributed by atoms with Crippen LogP contribution in [0.25, 0.3) is 11.4 Å². The molecular weight excluding hydrogens is 450 g/mol. The zero-order valence-corrected chi connectivity index (χ0v) is 20.8. The van der Waals surface area contributed by atoms with Gasteiger partial charge in [-0.25, -0.2) is 15.0 Å². The quantitative estimate of drug-likeness (QED) is 0.525. The Bertz CT molecular complexity index is 1250. The zero-order chi connectivity index (χ0) is 24.5. The standard InChI is InChI=1S/C28H33N7O/c1-29-27(36)21-4-2-9-28(16-21)10-13-35(18-28)25-15-24(33-26(34-25)22-5-3-11-30-17-22)32-23-14-20(8-12-31-23)19-6-7-19/h3,5,8,11-12,14-15,17,19,21H,2,4,6-7,9-10,13,16,18H2,1H3,(H,29,36)(H,31,32,33,34). The topological polar surface area (TPSA) is 95.9 Å². The molecule has 4 heterocycles. The van der Waals surface area contributed by atoms with E-state index in [0.29, 0.717) is 11.7 Å². The van der Waals surface area contributed by atoms with E-state index in [4.69, 9.17) is 9.97 Å². The summed E-state index contributed by atoms with van der Waals surface area (Å²) >= 11 is 0. The SMILES string of the molecule is CNC(=O)C1CCCC2(CCN(c3cc(Nc4cc(C5CC5)ccn4)nc(-c4cccnc4)n3)C2)C1. The van der Waals surface area contributed by atoms with Crippen LogP contribution in [0.5, 0.6) is 0 Å². The minimum absolute atomic E-state index is 0.113. The number of carbonyl (C=O) groups excluding carboxylic acids is 1. The van der Waals surface area contributed by atoms with Gasteiger partial charge < -0.3 is 15.5 Å². The predicted octanol–water partition coefficient (Wildman–Crippen LogP) is 4.69. The van der Waals surface area contributed by atoms with Gasteiger partial charge in [0.1, 0.15) is 17.5 Å². The molecule has 6 rings (SSSR count). The Balaban J connectivity index is 1.29. The summed E-state index contributed by atoms with van der Waals surface area (Å²) in [7, 11) is 1.75. The lowest BCUT2D eigenvalue weighted by Gasteiger charge is -2.37. The van der Waals surface area contributed by atoms with E-state index >= 15 is 0 Å². The Kier molecular flexibility index (Phi) is 6.03. The zero-order valence-electron chi connectivity index (χ0n) is 20.8. The molecule has 3 aliphatic rings. The Morgan fingerprint density at radius 2 is 2.00 bits per heavy atom. The van der Waals surface area contributed by atoms with E-state index in [-0.39, 0.29) is 17.2 Å². The van der Waals surface area contributed by atoms with Crippen molar-refractivity contribution in [1.82, 2.24) is 25.3 Å². The summed E-state index contributed by atoms with van der Waals surface area (Å²) < 4.78 is 0. The Hall–Kier alpha value is -3.55. The first-order valence-electron chi connectivity index (χ1n) is 13.1. The molecule has 1 saturated heterocycles. The number of anilines is 3. The number of rotatable bonds is 6. The Morgan fingerprint density at radius 1 is 1.08 bits per heavy atom. The maximum Gasteiger partial charge on any atom is 0.222 e. The number of pyridine rings is 2. The van der Waals surface area contributed by atoms with E-state index < -0.39 is 0 Å². The molecule has 8 heteroatoms. The first-order chi connectivity index (χ1) is 17.6. The summed E-state index contributed by atoms with van der Waals surface area (Å²) in [6, 6.07) is 10.2. The van der Waals surface area contributed by atoms with Gasteiger partial charge in [-0.05, 0) is 79.7 Å². The third-order valence-corrected chi connectivity index (χ3v) is 8.04. The van der Waals surface area contributed by atoms with E-state index in [0.717, 1.165) is 61.8 Å². The summed E-state index contributed by atoms with van der Waals surface area (Å²) in [5, 5.41) is 6.30. The molecule has 36 heavy (non-hydrogen) atoms. The number of amides is 1. The molecule has 3 aromatic heterocycles.